The van der Waals surface area contributed by atoms with Crippen LogP contribution >= 0.6 is 0 Å². The zero-order valence-electron chi connectivity index (χ0n) is 19.3. The van der Waals surface area contributed by atoms with Crippen LogP contribution in [0.5, 0.6) is 5.75 Å². The molecule has 9 heteroatoms. The topological polar surface area (TPSA) is 90.7 Å². The molecule has 0 saturated carbocycles. The van der Waals surface area contributed by atoms with Gasteiger partial charge in [0.1, 0.15) is 11.3 Å². The molecule has 1 aromatic carbocycles. The molecular formula is C24H26FN3O5. The van der Waals surface area contributed by atoms with E-state index in [1.807, 2.05) is 0 Å². The number of amides is 1. The number of nitrogens with zero attached hydrogens (tertiary/aromatic N) is 3. The van der Waals surface area contributed by atoms with Gasteiger partial charge in [0.05, 0.1) is 19.2 Å². The minimum atomic E-state index is -0.770. The number of fused-ring (bicyclic) bond motifs is 1. The summed E-state index contributed by atoms with van der Waals surface area (Å²) in [5.74, 6) is -1.23. The molecule has 33 heavy (non-hydrogen) atoms. The second kappa shape index (κ2) is 9.81. The smallest absolute Gasteiger partial charge is 0.347 e. The number of hydrogen-bond acceptors (Lipinski definition) is 6. The average Bonchev–Trinajstić information content (AvgIpc) is 2.77. The van der Waals surface area contributed by atoms with Gasteiger partial charge >= 0.3 is 5.97 Å². The molecular weight excluding hydrogens is 429 g/mol. The zero-order chi connectivity index (χ0) is 24.3. The van der Waals surface area contributed by atoms with E-state index in [0.717, 1.165) is 11.1 Å². The van der Waals surface area contributed by atoms with Gasteiger partial charge in [0.2, 0.25) is 5.91 Å². The maximum atomic E-state index is 13.9. The third-order valence-corrected chi connectivity index (χ3v) is 5.44. The molecule has 1 amide bonds. The van der Waals surface area contributed by atoms with E-state index in [1.54, 1.807) is 39.3 Å². The SMILES string of the molecule is CCOC(=O)c1c(OC)c2ncc(Cc3ccc(F)cc3CN(C)C(C)=O)cc2n(C)c1=O. The van der Waals surface area contributed by atoms with Crippen LogP contribution < -0.4 is 10.3 Å². The fraction of sp³-hybridized carbons (Fsp3) is 0.333. The van der Waals surface area contributed by atoms with Crippen LogP contribution in [0.2, 0.25) is 0 Å². The monoisotopic (exact) mass is 455 g/mol. The molecule has 0 aliphatic carbocycles. The van der Waals surface area contributed by atoms with Crippen molar-refractivity contribution < 1.29 is 23.5 Å². The van der Waals surface area contributed by atoms with Crippen LogP contribution in [0.4, 0.5) is 4.39 Å². The van der Waals surface area contributed by atoms with Gasteiger partial charge in [-0.1, -0.05) is 6.07 Å². The number of rotatable bonds is 7. The molecule has 0 N–H and O–H groups in total. The predicted octanol–water partition coefficient (Wildman–Crippen LogP) is 2.83. The van der Waals surface area contributed by atoms with Crippen molar-refractivity contribution in [3.05, 3.63) is 68.9 Å². The number of ether oxygens (including phenoxy) is 2. The largest absolute Gasteiger partial charge is 0.493 e. The van der Waals surface area contributed by atoms with Crippen molar-refractivity contribution in [2.45, 2.75) is 26.8 Å². The van der Waals surface area contributed by atoms with Crippen molar-refractivity contribution in [1.82, 2.24) is 14.5 Å². The van der Waals surface area contributed by atoms with Gasteiger partial charge in [-0.15, -0.1) is 0 Å². The van der Waals surface area contributed by atoms with E-state index in [4.69, 9.17) is 9.47 Å². The first-order valence-corrected chi connectivity index (χ1v) is 10.4. The highest BCUT2D eigenvalue weighted by Gasteiger charge is 2.24. The molecule has 174 valence electrons. The van der Waals surface area contributed by atoms with E-state index >= 15 is 0 Å². The first kappa shape index (κ1) is 23.9. The molecule has 8 nitrogen and oxygen atoms in total. The summed E-state index contributed by atoms with van der Waals surface area (Å²) in [5.41, 5.74) is 2.34. The molecule has 2 aromatic heterocycles. The number of aromatic nitrogens is 2. The minimum Gasteiger partial charge on any atom is -0.493 e. The predicted molar refractivity (Wildman–Crippen MR) is 121 cm³/mol. The second-order valence-corrected chi connectivity index (χ2v) is 7.67. The summed E-state index contributed by atoms with van der Waals surface area (Å²) in [6.07, 6.45) is 2.02. The normalized spacial score (nSPS) is 10.8. The van der Waals surface area contributed by atoms with Gasteiger partial charge in [-0.2, -0.15) is 0 Å². The fourth-order valence-corrected chi connectivity index (χ4v) is 3.60. The number of halogens is 1. The molecule has 0 spiro atoms. The highest BCUT2D eigenvalue weighted by molar-refractivity contribution is 5.98. The molecule has 3 aromatic rings. The second-order valence-electron chi connectivity index (χ2n) is 7.67. The number of aryl methyl sites for hydroxylation is 1. The number of esters is 1. The van der Waals surface area contributed by atoms with E-state index in [-0.39, 0.29) is 36.2 Å². The number of hydrogen-bond donors (Lipinski definition) is 0. The molecule has 0 radical (unpaired) electrons. The van der Waals surface area contributed by atoms with Crippen molar-refractivity contribution in [3.63, 3.8) is 0 Å². The number of methoxy groups -OCH3 is 1. The lowest BCUT2D eigenvalue weighted by Gasteiger charge is -2.18. The molecule has 0 aliphatic heterocycles. The number of carbonyl (C=O) groups excluding carboxylic acids is 2. The van der Waals surface area contributed by atoms with Crippen LogP contribution in [0.15, 0.2) is 35.3 Å². The van der Waals surface area contributed by atoms with Crippen LogP contribution in [0, 0.1) is 5.82 Å². The fourth-order valence-electron chi connectivity index (χ4n) is 3.60. The molecule has 0 unspecified atom stereocenters. The van der Waals surface area contributed by atoms with Crippen molar-refractivity contribution in [2.75, 3.05) is 20.8 Å². The molecule has 0 aliphatic rings. The maximum absolute atomic E-state index is 13.9. The Labute approximate surface area is 190 Å². The Morgan fingerprint density at radius 3 is 2.58 bits per heavy atom. The molecule has 0 fully saturated rings. The van der Waals surface area contributed by atoms with Gasteiger partial charge in [-0.25, -0.2) is 9.18 Å². The lowest BCUT2D eigenvalue weighted by atomic mass is 9.99. The summed E-state index contributed by atoms with van der Waals surface area (Å²) in [5, 5.41) is 0. The van der Waals surface area contributed by atoms with E-state index in [1.165, 1.54) is 35.6 Å². The average molecular weight is 455 g/mol. The van der Waals surface area contributed by atoms with Gasteiger partial charge in [0.15, 0.2) is 11.3 Å². The van der Waals surface area contributed by atoms with Crippen LogP contribution in [-0.2, 0) is 29.5 Å². The van der Waals surface area contributed by atoms with Gasteiger partial charge in [-0.05, 0) is 48.2 Å². The molecule has 0 saturated heterocycles. The van der Waals surface area contributed by atoms with Crippen molar-refractivity contribution in [2.24, 2.45) is 7.05 Å². The van der Waals surface area contributed by atoms with Crippen molar-refractivity contribution in [3.8, 4) is 5.75 Å². The standard InChI is InChI=1S/C24H26FN3O5/c1-6-33-24(31)20-22(32-5)21-19(28(4)23(20)30)10-15(12-26-21)9-16-7-8-18(25)11-17(16)13-27(3)14(2)29/h7-8,10-12H,6,9,13H2,1-5H3. The quantitative estimate of drug-likeness (QED) is 0.509. The third kappa shape index (κ3) is 4.87. The molecule has 0 bridgehead atoms. The summed E-state index contributed by atoms with van der Waals surface area (Å²) in [6, 6.07) is 6.23. The lowest BCUT2D eigenvalue weighted by Crippen LogP contribution is -2.27. The number of benzene rings is 1. The summed E-state index contributed by atoms with van der Waals surface area (Å²) in [7, 11) is 4.56. The summed E-state index contributed by atoms with van der Waals surface area (Å²) in [4.78, 5) is 42.8. The third-order valence-electron chi connectivity index (χ3n) is 5.44. The number of pyridine rings is 2. The summed E-state index contributed by atoms with van der Waals surface area (Å²) < 4.78 is 25.6. The van der Waals surface area contributed by atoms with E-state index in [0.29, 0.717) is 23.0 Å². The maximum Gasteiger partial charge on any atom is 0.347 e. The summed E-state index contributed by atoms with van der Waals surface area (Å²) in [6.45, 7) is 3.48. The Morgan fingerprint density at radius 1 is 1.21 bits per heavy atom. The van der Waals surface area contributed by atoms with Crippen molar-refractivity contribution in [1.29, 1.82) is 0 Å². The van der Waals surface area contributed by atoms with Crippen LogP contribution in [0.3, 0.4) is 0 Å². The Morgan fingerprint density at radius 2 is 1.94 bits per heavy atom. The van der Waals surface area contributed by atoms with Gasteiger partial charge < -0.3 is 18.9 Å². The van der Waals surface area contributed by atoms with Crippen LogP contribution in [0.1, 0.15) is 40.9 Å². The first-order valence-electron chi connectivity index (χ1n) is 10.4. The van der Waals surface area contributed by atoms with Crippen LogP contribution in [0.25, 0.3) is 11.0 Å². The van der Waals surface area contributed by atoms with Crippen molar-refractivity contribution >= 4 is 22.9 Å². The van der Waals surface area contributed by atoms with E-state index in [9.17, 15) is 18.8 Å². The van der Waals surface area contributed by atoms with Gasteiger partial charge in [-0.3, -0.25) is 14.6 Å². The number of carbonyl (C=O) groups is 2. The first-order chi connectivity index (χ1) is 15.7. The van der Waals surface area contributed by atoms with Gasteiger partial charge in [0.25, 0.3) is 5.56 Å². The zero-order valence-corrected chi connectivity index (χ0v) is 19.3. The Balaban J connectivity index is 2.08. The molecule has 0 atom stereocenters. The van der Waals surface area contributed by atoms with E-state index in [2.05, 4.69) is 4.98 Å². The molecule has 3 rings (SSSR count). The summed E-state index contributed by atoms with van der Waals surface area (Å²) >= 11 is 0. The Bertz CT molecular complexity index is 1290. The Kier molecular flexibility index (Phi) is 7.10. The Hall–Kier alpha value is -3.75. The minimum absolute atomic E-state index is 0.0589. The highest BCUT2D eigenvalue weighted by Crippen LogP contribution is 2.27. The molecule has 2 heterocycles. The van der Waals surface area contributed by atoms with E-state index < -0.39 is 11.5 Å². The highest BCUT2D eigenvalue weighted by atomic mass is 19.1. The van der Waals surface area contributed by atoms with Gasteiger partial charge in [0, 0.05) is 33.8 Å². The van der Waals surface area contributed by atoms with Crippen LogP contribution in [-0.4, -0.2) is 47.1 Å². The lowest BCUT2D eigenvalue weighted by molar-refractivity contribution is -0.128.